The Morgan fingerprint density at radius 1 is 0.614 bits per heavy atom. The molecule has 0 bridgehead atoms. The first kappa shape index (κ1) is 45.9. The van der Waals surface area contributed by atoms with Crippen LogP contribution in [0.4, 0.5) is 11.4 Å². The van der Waals surface area contributed by atoms with Crippen LogP contribution in [0.5, 0.6) is 23.0 Å². The summed E-state index contributed by atoms with van der Waals surface area (Å²) in [5, 5.41) is 15.0. The van der Waals surface area contributed by atoms with Gasteiger partial charge in [-0.2, -0.15) is 10.2 Å². The SMILES string of the molecule is O=C(NCCCN1CCOCC1)C1CN(Cc2ccc(-n3cc(COc4ccc(OCCNC(=O)C5CN(Cc6ccc(-n7cccn7)cc6)c6ccccc6O5)cc4)cn3)cc2)c2ccccc2O1. The molecule has 1 saturated heterocycles. The Morgan fingerprint density at radius 2 is 1.19 bits per heavy atom. The molecule has 2 N–H and O–H groups in total. The zero-order valence-electron chi connectivity index (χ0n) is 39.0. The first-order valence-corrected chi connectivity index (χ1v) is 23.9. The van der Waals surface area contributed by atoms with Crippen molar-refractivity contribution in [1.29, 1.82) is 0 Å². The van der Waals surface area contributed by atoms with Gasteiger partial charge in [0.05, 0.1) is 61.8 Å². The van der Waals surface area contributed by atoms with Gasteiger partial charge in [0.2, 0.25) is 0 Å². The van der Waals surface area contributed by atoms with E-state index in [1.165, 1.54) is 0 Å². The number of fused-ring (bicyclic) bond motifs is 2. The largest absolute Gasteiger partial charge is 0.492 e. The van der Waals surface area contributed by atoms with Crippen LogP contribution in [0.25, 0.3) is 11.4 Å². The second-order valence-corrected chi connectivity index (χ2v) is 17.5. The number of hydrogen-bond acceptors (Lipinski definition) is 12. The fraction of sp³-hybridized carbons (Fsp3) is 0.296. The van der Waals surface area contributed by atoms with Crippen molar-refractivity contribution >= 4 is 23.2 Å². The van der Waals surface area contributed by atoms with Gasteiger partial charge in [0.1, 0.15) is 36.2 Å². The monoisotopic (exact) mass is 943 g/mol. The lowest BCUT2D eigenvalue weighted by molar-refractivity contribution is -0.128. The number of anilines is 2. The van der Waals surface area contributed by atoms with E-state index in [2.05, 4.69) is 59.8 Å². The molecular formula is C54H57N9O7. The summed E-state index contributed by atoms with van der Waals surface area (Å²) in [4.78, 5) is 33.4. The number of ether oxygens (including phenoxy) is 5. The second-order valence-electron chi connectivity index (χ2n) is 17.5. The topological polar surface area (TPSA) is 150 Å². The summed E-state index contributed by atoms with van der Waals surface area (Å²) in [5.41, 5.74) is 6.97. The first-order valence-electron chi connectivity index (χ1n) is 23.9. The van der Waals surface area contributed by atoms with Gasteiger partial charge < -0.3 is 44.1 Å². The van der Waals surface area contributed by atoms with E-state index < -0.39 is 12.2 Å². The number of morpholine rings is 1. The maximum absolute atomic E-state index is 13.3. The summed E-state index contributed by atoms with van der Waals surface area (Å²) in [6.07, 6.45) is 7.03. The van der Waals surface area contributed by atoms with Crippen LogP contribution < -0.4 is 39.4 Å². The molecule has 3 aliphatic rings. The number of aromatic nitrogens is 4. The third-order valence-electron chi connectivity index (χ3n) is 12.6. The molecule has 0 aliphatic carbocycles. The van der Waals surface area contributed by atoms with Crippen molar-refractivity contribution in [3.63, 3.8) is 0 Å². The van der Waals surface area contributed by atoms with Crippen molar-refractivity contribution < 1.29 is 33.3 Å². The molecule has 1 fully saturated rings. The first-order chi connectivity index (χ1) is 34.5. The lowest BCUT2D eigenvalue weighted by atomic mass is 10.1. The van der Waals surface area contributed by atoms with E-state index in [1.807, 2.05) is 125 Å². The molecule has 0 saturated carbocycles. The van der Waals surface area contributed by atoms with Crippen molar-refractivity contribution in [3.8, 4) is 34.4 Å². The molecule has 10 rings (SSSR count). The van der Waals surface area contributed by atoms with Crippen molar-refractivity contribution in [1.82, 2.24) is 35.1 Å². The van der Waals surface area contributed by atoms with E-state index in [9.17, 15) is 9.59 Å². The molecule has 5 aromatic carbocycles. The van der Waals surface area contributed by atoms with Gasteiger partial charge in [0.15, 0.2) is 12.2 Å². The number of rotatable bonds is 19. The van der Waals surface area contributed by atoms with Crippen LogP contribution in [0.3, 0.4) is 0 Å². The van der Waals surface area contributed by atoms with Gasteiger partial charge >= 0.3 is 0 Å². The van der Waals surface area contributed by atoms with Crippen LogP contribution >= 0.6 is 0 Å². The van der Waals surface area contributed by atoms with E-state index in [4.69, 9.17) is 23.7 Å². The predicted molar refractivity (Wildman–Crippen MR) is 265 cm³/mol. The van der Waals surface area contributed by atoms with E-state index in [0.29, 0.717) is 75.5 Å². The van der Waals surface area contributed by atoms with Crippen LogP contribution in [0.15, 0.2) is 152 Å². The lowest BCUT2D eigenvalue weighted by Crippen LogP contribution is -2.49. The summed E-state index contributed by atoms with van der Waals surface area (Å²) in [6.45, 7) is 8.02. The van der Waals surface area contributed by atoms with Crippen LogP contribution in [-0.2, 0) is 34.0 Å². The Labute approximate surface area is 407 Å². The summed E-state index contributed by atoms with van der Waals surface area (Å²) in [7, 11) is 0. The quantitative estimate of drug-likeness (QED) is 0.0889. The number of amides is 2. The highest BCUT2D eigenvalue weighted by atomic mass is 16.5. The molecule has 5 heterocycles. The Balaban J connectivity index is 0.654. The minimum absolute atomic E-state index is 0.0940. The minimum atomic E-state index is -0.676. The number of benzene rings is 5. The summed E-state index contributed by atoms with van der Waals surface area (Å²) < 4.78 is 33.5. The smallest absolute Gasteiger partial charge is 0.263 e. The summed E-state index contributed by atoms with van der Waals surface area (Å²) in [5.74, 6) is 2.46. The van der Waals surface area contributed by atoms with Crippen LogP contribution in [0.2, 0.25) is 0 Å². The third kappa shape index (κ3) is 11.5. The number of carbonyl (C=O) groups is 2. The van der Waals surface area contributed by atoms with E-state index in [-0.39, 0.29) is 11.8 Å². The Hall–Kier alpha value is -7.82. The van der Waals surface area contributed by atoms with Gasteiger partial charge in [-0.15, -0.1) is 0 Å². The van der Waals surface area contributed by atoms with Gasteiger partial charge in [0.25, 0.3) is 11.8 Å². The number of hydrogen-bond donors (Lipinski definition) is 2. The van der Waals surface area contributed by atoms with Gasteiger partial charge in [-0.1, -0.05) is 48.5 Å². The fourth-order valence-electron chi connectivity index (χ4n) is 8.84. The zero-order chi connectivity index (χ0) is 47.5. The molecule has 0 radical (unpaired) electrons. The molecule has 2 amide bonds. The van der Waals surface area contributed by atoms with Crippen LogP contribution in [0.1, 0.15) is 23.1 Å². The Kier molecular flexibility index (Phi) is 14.5. The standard InChI is InChI=1S/C54H57N9O7/c64-53(55-23-5-26-59-28-31-66-32-29-59)51-37-60(47-7-1-3-9-49(47)69-51)35-41-13-17-44(18-14-41)63-36-42(33-58-63)39-68-46-21-19-45(20-22-46)67-30-25-56-54(65)52-38-61(48-8-2-4-10-50(48)70-52)34-40-11-15-43(16-12-40)62-27-6-24-57-62/h1-4,6-22,24,27,33,36,51-52H,5,23,25-26,28-32,34-35,37-39H2,(H,55,64)(H,56,65). The Bertz CT molecular complexity index is 2800. The molecule has 16 heteroatoms. The normalized spacial score (nSPS) is 16.6. The number of nitrogens with zero attached hydrogens (tertiary/aromatic N) is 7. The maximum Gasteiger partial charge on any atom is 0.263 e. The third-order valence-corrected chi connectivity index (χ3v) is 12.6. The molecule has 2 aromatic heterocycles. The van der Waals surface area contributed by atoms with Crippen molar-refractivity contribution in [2.24, 2.45) is 0 Å². The van der Waals surface area contributed by atoms with Gasteiger partial charge in [0, 0.05) is 56.9 Å². The highest BCUT2D eigenvalue weighted by Gasteiger charge is 2.32. The average molecular weight is 944 g/mol. The fourth-order valence-corrected chi connectivity index (χ4v) is 8.84. The molecule has 2 unspecified atom stereocenters. The number of para-hydroxylation sites is 4. The summed E-state index contributed by atoms with van der Waals surface area (Å²) in [6, 6.07) is 41.5. The van der Waals surface area contributed by atoms with Crippen LogP contribution in [0, 0.1) is 0 Å². The minimum Gasteiger partial charge on any atom is -0.492 e. The highest BCUT2D eigenvalue weighted by Crippen LogP contribution is 2.36. The molecule has 0 spiro atoms. The lowest BCUT2D eigenvalue weighted by Gasteiger charge is -2.35. The summed E-state index contributed by atoms with van der Waals surface area (Å²) >= 11 is 0. The van der Waals surface area contributed by atoms with Crippen molar-refractivity contribution in [2.75, 3.05) is 75.4 Å². The van der Waals surface area contributed by atoms with Gasteiger partial charge in [-0.25, -0.2) is 9.36 Å². The van der Waals surface area contributed by atoms with Crippen molar-refractivity contribution in [2.45, 2.75) is 38.3 Å². The van der Waals surface area contributed by atoms with Crippen molar-refractivity contribution in [3.05, 3.63) is 169 Å². The molecule has 360 valence electrons. The molecule has 70 heavy (non-hydrogen) atoms. The van der Waals surface area contributed by atoms with E-state index in [1.54, 1.807) is 12.4 Å². The number of carbonyl (C=O) groups excluding carboxylic acids is 2. The molecule has 7 aromatic rings. The molecular weight excluding hydrogens is 887 g/mol. The predicted octanol–water partition coefficient (Wildman–Crippen LogP) is 6.21. The zero-order valence-corrected chi connectivity index (χ0v) is 39.0. The average Bonchev–Trinajstić information content (AvgIpc) is 4.13. The molecule has 2 atom stereocenters. The van der Waals surface area contributed by atoms with E-state index in [0.717, 1.165) is 78.7 Å². The molecule has 16 nitrogen and oxygen atoms in total. The second kappa shape index (κ2) is 22.1. The highest BCUT2D eigenvalue weighted by molar-refractivity contribution is 5.84. The molecule has 3 aliphatic heterocycles. The maximum atomic E-state index is 13.3. The van der Waals surface area contributed by atoms with E-state index >= 15 is 0 Å². The van der Waals surface area contributed by atoms with Gasteiger partial charge in [-0.05, 0) is 103 Å². The Morgan fingerprint density at radius 3 is 1.79 bits per heavy atom. The van der Waals surface area contributed by atoms with Gasteiger partial charge in [-0.3, -0.25) is 14.5 Å². The number of nitrogens with one attached hydrogen (secondary N) is 2. The van der Waals surface area contributed by atoms with Crippen LogP contribution in [-0.4, -0.2) is 114 Å².